The summed E-state index contributed by atoms with van der Waals surface area (Å²) in [6.45, 7) is 1.74. The maximum absolute atomic E-state index is 13.1. The number of ether oxygens (including phenoxy) is 1. The predicted molar refractivity (Wildman–Crippen MR) is 86.3 cm³/mol. The molecular formula is C12H20FN6O4P. The Hall–Kier alpha value is -1.81. The molecule has 0 aliphatic heterocycles. The van der Waals surface area contributed by atoms with Gasteiger partial charge in [-0.15, -0.1) is 0 Å². The van der Waals surface area contributed by atoms with Crippen LogP contribution in [0.5, 0.6) is 0 Å². The first-order valence-corrected chi connectivity index (χ1v) is 9.08. The lowest BCUT2D eigenvalue weighted by Crippen LogP contribution is -2.23. The van der Waals surface area contributed by atoms with Gasteiger partial charge in [-0.3, -0.25) is 4.57 Å². The second-order valence-electron chi connectivity index (χ2n) is 5.16. The van der Waals surface area contributed by atoms with Gasteiger partial charge < -0.3 is 30.1 Å². The highest BCUT2D eigenvalue weighted by Gasteiger charge is 2.20. The Balaban J connectivity index is 2.22. The molecule has 2 aromatic heterocycles. The molecule has 10 nitrogen and oxygen atoms in total. The average molecular weight is 362 g/mol. The molecule has 0 unspecified atom stereocenters. The van der Waals surface area contributed by atoms with Crippen molar-refractivity contribution in [1.82, 2.24) is 19.5 Å². The van der Waals surface area contributed by atoms with Crippen LogP contribution in [0.15, 0.2) is 6.33 Å². The molecule has 2 heterocycles. The number of hydrogen-bond acceptors (Lipinski definition) is 7. The monoisotopic (exact) mass is 362 g/mol. The van der Waals surface area contributed by atoms with Gasteiger partial charge in [-0.1, -0.05) is 6.92 Å². The van der Waals surface area contributed by atoms with Crippen LogP contribution in [0.2, 0.25) is 0 Å². The van der Waals surface area contributed by atoms with E-state index in [0.29, 0.717) is 23.5 Å². The van der Waals surface area contributed by atoms with Gasteiger partial charge in [0.2, 0.25) is 5.95 Å². The number of fused-ring (bicyclic) bond motifs is 1. The number of hydrogen-bond donors (Lipinski definition) is 4. The van der Waals surface area contributed by atoms with Crippen LogP contribution in [0, 0.1) is 0 Å². The van der Waals surface area contributed by atoms with Gasteiger partial charge in [-0.05, 0) is 6.42 Å². The predicted octanol–water partition coefficient (Wildman–Crippen LogP) is 0.720. The van der Waals surface area contributed by atoms with Crippen LogP contribution in [0.25, 0.3) is 11.2 Å². The van der Waals surface area contributed by atoms with Gasteiger partial charge in [0.15, 0.2) is 17.0 Å². The van der Waals surface area contributed by atoms with Crippen molar-refractivity contribution in [2.45, 2.75) is 26.0 Å². The van der Waals surface area contributed by atoms with Gasteiger partial charge >= 0.3 is 7.60 Å². The van der Waals surface area contributed by atoms with E-state index in [2.05, 4.69) is 20.3 Å². The van der Waals surface area contributed by atoms with E-state index in [4.69, 9.17) is 20.3 Å². The van der Waals surface area contributed by atoms with Crippen LogP contribution in [-0.4, -0.2) is 55.0 Å². The van der Waals surface area contributed by atoms with Crippen molar-refractivity contribution >= 4 is 30.5 Å². The minimum Gasteiger partial charge on any atom is -0.368 e. The Kier molecular flexibility index (Phi) is 6.05. The molecule has 5 N–H and O–H groups in total. The van der Waals surface area contributed by atoms with Crippen molar-refractivity contribution in [2.24, 2.45) is 0 Å². The van der Waals surface area contributed by atoms with Gasteiger partial charge in [-0.25, -0.2) is 9.37 Å². The van der Waals surface area contributed by atoms with E-state index in [9.17, 15) is 8.96 Å². The van der Waals surface area contributed by atoms with Gasteiger partial charge in [0.1, 0.15) is 19.1 Å². The quantitative estimate of drug-likeness (QED) is 0.473. The zero-order valence-corrected chi connectivity index (χ0v) is 14.0. The number of imidazole rings is 1. The summed E-state index contributed by atoms with van der Waals surface area (Å²) >= 11 is 0. The lowest BCUT2D eigenvalue weighted by atomic mass is 10.3. The molecule has 0 radical (unpaired) electrons. The molecule has 134 valence electrons. The number of nitrogen functional groups attached to an aromatic ring is 1. The highest BCUT2D eigenvalue weighted by molar-refractivity contribution is 7.51. The normalized spacial score (nSPS) is 13.3. The third kappa shape index (κ3) is 4.84. The molecule has 0 aromatic carbocycles. The minimum absolute atomic E-state index is 0.0172. The van der Waals surface area contributed by atoms with E-state index in [1.807, 2.05) is 6.92 Å². The summed E-state index contributed by atoms with van der Waals surface area (Å²) < 4.78 is 30.3. The molecule has 12 heteroatoms. The first-order chi connectivity index (χ1) is 11.3. The van der Waals surface area contributed by atoms with Crippen molar-refractivity contribution in [1.29, 1.82) is 0 Å². The maximum Gasteiger partial charge on any atom is 0.350 e. The first kappa shape index (κ1) is 18.5. The highest BCUT2D eigenvalue weighted by Crippen LogP contribution is 2.34. The van der Waals surface area contributed by atoms with E-state index in [1.54, 1.807) is 0 Å². The molecule has 2 aromatic rings. The van der Waals surface area contributed by atoms with E-state index in [1.165, 1.54) is 10.9 Å². The number of halogens is 1. The maximum atomic E-state index is 13.1. The van der Waals surface area contributed by atoms with E-state index in [0.717, 1.165) is 6.42 Å². The summed E-state index contributed by atoms with van der Waals surface area (Å²) in [4.78, 5) is 30.0. The highest BCUT2D eigenvalue weighted by atomic mass is 31.2. The zero-order valence-electron chi connectivity index (χ0n) is 13.1. The molecule has 1 atom stereocenters. The number of aromatic nitrogens is 4. The van der Waals surface area contributed by atoms with Crippen LogP contribution in [0.1, 0.15) is 13.3 Å². The van der Waals surface area contributed by atoms with Gasteiger partial charge in [0.25, 0.3) is 0 Å². The molecule has 2 rings (SSSR count). The molecule has 24 heavy (non-hydrogen) atoms. The van der Waals surface area contributed by atoms with Crippen molar-refractivity contribution < 1.29 is 23.5 Å². The fraction of sp³-hybridized carbons (Fsp3) is 0.583. The summed E-state index contributed by atoms with van der Waals surface area (Å²) in [7, 11) is -4.37. The Morgan fingerprint density at radius 2 is 2.25 bits per heavy atom. The molecule has 0 spiro atoms. The van der Waals surface area contributed by atoms with Crippen molar-refractivity contribution in [2.75, 3.05) is 30.6 Å². The fourth-order valence-corrected chi connectivity index (χ4v) is 2.43. The van der Waals surface area contributed by atoms with Crippen LogP contribution in [-0.2, 0) is 15.8 Å². The standard InChI is InChI=1S/C12H20FN6O4P/c1-2-3-15-10-9-11(18-12(14)17-10)19(6-16-9)5-8(4-13)23-7-24(20,21)22/h6,8H,2-5,7H2,1H3,(H2,20,21,22)(H3,14,15,17,18)/t8-/m0/s1. The van der Waals surface area contributed by atoms with Gasteiger partial charge in [-0.2, -0.15) is 9.97 Å². The van der Waals surface area contributed by atoms with Gasteiger partial charge in [0, 0.05) is 6.54 Å². The summed E-state index contributed by atoms with van der Waals surface area (Å²) in [5.41, 5.74) is 6.56. The van der Waals surface area contributed by atoms with Crippen molar-refractivity contribution in [3.63, 3.8) is 0 Å². The topological polar surface area (TPSA) is 148 Å². The lowest BCUT2D eigenvalue weighted by Gasteiger charge is -2.16. The minimum atomic E-state index is -4.37. The molecule has 0 aliphatic rings. The number of nitrogens with one attached hydrogen (secondary N) is 1. The van der Waals surface area contributed by atoms with Crippen molar-refractivity contribution in [3.8, 4) is 0 Å². The number of nitrogens with two attached hydrogens (primary N) is 1. The summed E-state index contributed by atoms with van der Waals surface area (Å²) in [5, 5.41) is 3.09. The number of rotatable bonds is 9. The number of alkyl halides is 1. The molecule has 0 saturated heterocycles. The second-order valence-corrected chi connectivity index (χ2v) is 6.75. The summed E-state index contributed by atoms with van der Waals surface area (Å²) in [5.74, 6) is 0.516. The Bertz CT molecular complexity index is 736. The van der Waals surface area contributed by atoms with E-state index >= 15 is 0 Å². The average Bonchev–Trinajstić information content (AvgIpc) is 2.90. The molecule has 0 saturated carbocycles. The smallest absolute Gasteiger partial charge is 0.350 e. The number of nitrogens with zero attached hydrogens (tertiary/aromatic N) is 4. The third-order valence-corrected chi connectivity index (χ3v) is 3.56. The third-order valence-electron chi connectivity index (χ3n) is 3.07. The Labute approximate surface area is 137 Å². The second kappa shape index (κ2) is 7.84. The first-order valence-electron chi connectivity index (χ1n) is 7.28. The van der Waals surface area contributed by atoms with Crippen LogP contribution in [0.3, 0.4) is 0 Å². The van der Waals surface area contributed by atoms with E-state index in [-0.39, 0.29) is 12.5 Å². The van der Waals surface area contributed by atoms with Crippen LogP contribution in [0.4, 0.5) is 16.2 Å². The lowest BCUT2D eigenvalue weighted by molar-refractivity contribution is 0.0445. The molecule has 0 aliphatic carbocycles. The summed E-state index contributed by atoms with van der Waals surface area (Å²) in [6.07, 6.45) is 0.415. The molecule has 0 amide bonds. The largest absolute Gasteiger partial charge is 0.368 e. The van der Waals surface area contributed by atoms with Crippen molar-refractivity contribution in [3.05, 3.63) is 6.33 Å². The molecular weight excluding hydrogens is 342 g/mol. The SMILES string of the molecule is CCCNc1nc(N)nc2c1ncn2C[C@H](CF)OCP(=O)(O)O. The number of anilines is 2. The Morgan fingerprint density at radius 3 is 2.88 bits per heavy atom. The van der Waals surface area contributed by atoms with Gasteiger partial charge in [0.05, 0.1) is 12.9 Å². The van der Waals surface area contributed by atoms with E-state index < -0.39 is 26.7 Å². The Morgan fingerprint density at radius 1 is 1.50 bits per heavy atom. The zero-order chi connectivity index (χ0) is 17.7. The van der Waals surface area contributed by atoms with Crippen LogP contribution >= 0.6 is 7.60 Å². The molecule has 0 fully saturated rings. The fourth-order valence-electron chi connectivity index (χ4n) is 2.03. The molecule has 0 bridgehead atoms. The van der Waals surface area contributed by atoms with Crippen LogP contribution < -0.4 is 11.1 Å². The summed E-state index contributed by atoms with van der Waals surface area (Å²) in [6, 6.07) is 0.